The molecule has 11 aromatic rings. The van der Waals surface area contributed by atoms with Gasteiger partial charge in [-0.25, -0.2) is 0 Å². The Labute approximate surface area is 325 Å². The van der Waals surface area contributed by atoms with Crippen LogP contribution < -0.4 is 4.90 Å². The van der Waals surface area contributed by atoms with Crippen LogP contribution in [0.2, 0.25) is 0 Å². The number of para-hydroxylation sites is 2. The van der Waals surface area contributed by atoms with Crippen molar-refractivity contribution in [1.29, 1.82) is 0 Å². The maximum absolute atomic E-state index is 6.22. The highest BCUT2D eigenvalue weighted by Crippen LogP contribution is 2.46. The van der Waals surface area contributed by atoms with Gasteiger partial charge in [-0.05, 0) is 103 Å². The molecule has 0 saturated carbocycles. The van der Waals surface area contributed by atoms with Gasteiger partial charge in [-0.3, -0.25) is 0 Å². The summed E-state index contributed by atoms with van der Waals surface area (Å²) in [6.07, 6.45) is 0. The first-order valence-corrected chi connectivity index (χ1v) is 19.2. The predicted molar refractivity (Wildman–Crippen MR) is 237 cm³/mol. The maximum Gasteiger partial charge on any atom is 0.136 e. The Kier molecular flexibility index (Phi) is 7.53. The minimum absolute atomic E-state index is 0.919. The van der Waals surface area contributed by atoms with Crippen molar-refractivity contribution >= 4 is 71.3 Å². The summed E-state index contributed by atoms with van der Waals surface area (Å²) in [7, 11) is 0. The highest BCUT2D eigenvalue weighted by Gasteiger charge is 2.21. The summed E-state index contributed by atoms with van der Waals surface area (Å²) >= 11 is 0. The molecule has 0 radical (unpaired) electrons. The lowest BCUT2D eigenvalue weighted by Gasteiger charge is -2.29. The quantitative estimate of drug-likeness (QED) is 0.171. The second-order valence-corrected chi connectivity index (χ2v) is 14.5. The molecule has 0 unspecified atom stereocenters. The Balaban J connectivity index is 1.08. The summed E-state index contributed by atoms with van der Waals surface area (Å²) in [5.41, 5.74) is 12.3. The number of rotatable bonds is 6. The van der Waals surface area contributed by atoms with Gasteiger partial charge in [0.1, 0.15) is 11.2 Å². The fraction of sp³-hybridized carbons (Fsp3) is 0. The third kappa shape index (κ3) is 5.34. The Hall–Kier alpha value is -7.42. The van der Waals surface area contributed by atoms with Crippen LogP contribution >= 0.6 is 0 Å². The molecule has 0 fully saturated rings. The SMILES string of the molecule is c1ccc(-c2ccccc2N(c2ccc(-c3ccc4ccccc4c3)cc2)c2ccc(-c3ccc4c(ccc5oc6ccccc6c54)c3)c3ccccc23)cc1. The maximum atomic E-state index is 6.22. The van der Waals surface area contributed by atoms with E-state index in [1.807, 2.05) is 12.1 Å². The van der Waals surface area contributed by atoms with Crippen molar-refractivity contribution in [3.63, 3.8) is 0 Å². The zero-order valence-electron chi connectivity index (χ0n) is 30.6. The number of fused-ring (bicyclic) bond motifs is 7. The number of hydrogen-bond acceptors (Lipinski definition) is 2. The Morgan fingerprint density at radius 2 is 0.964 bits per heavy atom. The lowest BCUT2D eigenvalue weighted by molar-refractivity contribution is 0.669. The van der Waals surface area contributed by atoms with E-state index in [2.05, 4.69) is 205 Å². The van der Waals surface area contributed by atoms with Gasteiger partial charge < -0.3 is 9.32 Å². The van der Waals surface area contributed by atoms with Crippen molar-refractivity contribution in [2.75, 3.05) is 4.90 Å². The second kappa shape index (κ2) is 13.2. The van der Waals surface area contributed by atoms with Gasteiger partial charge in [0.05, 0.1) is 11.4 Å². The molecule has 0 amide bonds. The summed E-state index contributed by atoms with van der Waals surface area (Å²) in [6, 6.07) is 76.6. The van der Waals surface area contributed by atoms with E-state index in [4.69, 9.17) is 4.42 Å². The largest absolute Gasteiger partial charge is 0.456 e. The van der Waals surface area contributed by atoms with Gasteiger partial charge in [-0.15, -0.1) is 0 Å². The highest BCUT2D eigenvalue weighted by atomic mass is 16.3. The normalized spacial score (nSPS) is 11.6. The van der Waals surface area contributed by atoms with Crippen molar-refractivity contribution in [2.24, 2.45) is 0 Å². The van der Waals surface area contributed by atoms with Crippen LogP contribution in [0.5, 0.6) is 0 Å². The Morgan fingerprint density at radius 3 is 1.84 bits per heavy atom. The Bertz CT molecular complexity index is 3250. The monoisotopic (exact) mass is 713 g/mol. The van der Waals surface area contributed by atoms with Crippen LogP contribution in [0, 0.1) is 0 Å². The predicted octanol–water partition coefficient (Wildman–Crippen LogP) is 15.5. The van der Waals surface area contributed by atoms with Crippen molar-refractivity contribution < 1.29 is 4.42 Å². The standard InChI is InChI=1S/C54H35NO/c1-2-13-38(14-3-1)45-16-8-10-20-50(45)55(43-28-24-37(25-29-43)40-23-22-36-12-4-5-15-39(36)34-40)51-32-31-44(47-17-6-7-18-48(47)51)41-26-30-46-42(35-41)27-33-53-54(46)49-19-9-11-21-52(49)56-53/h1-35H. The van der Waals surface area contributed by atoms with E-state index in [9.17, 15) is 0 Å². The average molecular weight is 714 g/mol. The van der Waals surface area contributed by atoms with Crippen molar-refractivity contribution in [3.8, 4) is 33.4 Å². The summed E-state index contributed by atoms with van der Waals surface area (Å²) < 4.78 is 6.22. The molecule has 1 heterocycles. The molecule has 2 nitrogen and oxygen atoms in total. The van der Waals surface area contributed by atoms with Crippen molar-refractivity contribution in [2.45, 2.75) is 0 Å². The minimum atomic E-state index is 0.919. The van der Waals surface area contributed by atoms with Crippen molar-refractivity contribution in [1.82, 2.24) is 0 Å². The fourth-order valence-corrected chi connectivity index (χ4v) is 8.56. The molecule has 0 N–H and O–H groups in total. The zero-order chi connectivity index (χ0) is 37.0. The number of benzene rings is 10. The van der Waals surface area contributed by atoms with E-state index in [0.717, 1.165) is 33.6 Å². The first-order chi connectivity index (χ1) is 27.8. The highest BCUT2D eigenvalue weighted by molar-refractivity contribution is 6.19. The molecule has 0 aliphatic heterocycles. The van der Waals surface area contributed by atoms with Crippen LogP contribution in [-0.4, -0.2) is 0 Å². The molecule has 11 rings (SSSR count). The summed E-state index contributed by atoms with van der Waals surface area (Å²) in [5.74, 6) is 0. The number of anilines is 3. The molecule has 0 spiro atoms. The van der Waals surface area contributed by atoms with E-state index in [1.54, 1.807) is 0 Å². The van der Waals surface area contributed by atoms with Gasteiger partial charge in [0.2, 0.25) is 0 Å². The Morgan fingerprint density at radius 1 is 0.304 bits per heavy atom. The molecule has 0 saturated heterocycles. The smallest absolute Gasteiger partial charge is 0.136 e. The van der Waals surface area contributed by atoms with E-state index in [1.165, 1.54) is 71.1 Å². The molecule has 0 atom stereocenters. The molecule has 56 heavy (non-hydrogen) atoms. The molecule has 10 aromatic carbocycles. The van der Waals surface area contributed by atoms with Crippen molar-refractivity contribution in [3.05, 3.63) is 212 Å². The topological polar surface area (TPSA) is 16.4 Å². The molecule has 1 aromatic heterocycles. The molecule has 0 aliphatic rings. The van der Waals surface area contributed by atoms with Gasteiger partial charge in [0, 0.05) is 27.4 Å². The zero-order valence-corrected chi connectivity index (χ0v) is 30.6. The van der Waals surface area contributed by atoms with Gasteiger partial charge in [0.25, 0.3) is 0 Å². The number of furan rings is 1. The lowest BCUT2D eigenvalue weighted by Crippen LogP contribution is -2.12. The third-order valence-corrected chi connectivity index (χ3v) is 11.2. The third-order valence-electron chi connectivity index (χ3n) is 11.2. The molecule has 2 heteroatoms. The van der Waals surface area contributed by atoms with E-state index in [0.29, 0.717) is 0 Å². The van der Waals surface area contributed by atoms with Gasteiger partial charge in [-0.2, -0.15) is 0 Å². The van der Waals surface area contributed by atoms with Crippen LogP contribution in [-0.2, 0) is 0 Å². The van der Waals surface area contributed by atoms with Crippen LogP contribution in [0.25, 0.3) is 87.6 Å². The molecular formula is C54H35NO. The fourth-order valence-electron chi connectivity index (χ4n) is 8.56. The van der Waals surface area contributed by atoms with Crippen LogP contribution in [0.15, 0.2) is 217 Å². The lowest BCUT2D eigenvalue weighted by atomic mass is 9.93. The minimum Gasteiger partial charge on any atom is -0.456 e. The summed E-state index contributed by atoms with van der Waals surface area (Å²) in [6.45, 7) is 0. The number of hydrogen-bond donors (Lipinski definition) is 0. The van der Waals surface area contributed by atoms with Crippen LogP contribution in [0.3, 0.4) is 0 Å². The molecular weight excluding hydrogens is 679 g/mol. The van der Waals surface area contributed by atoms with Gasteiger partial charge >= 0.3 is 0 Å². The van der Waals surface area contributed by atoms with E-state index < -0.39 is 0 Å². The molecule has 0 bridgehead atoms. The van der Waals surface area contributed by atoms with Crippen LogP contribution in [0.4, 0.5) is 17.1 Å². The molecule has 0 aliphatic carbocycles. The van der Waals surface area contributed by atoms with E-state index in [-0.39, 0.29) is 0 Å². The first kappa shape index (κ1) is 32.0. The van der Waals surface area contributed by atoms with Gasteiger partial charge in [0.15, 0.2) is 0 Å². The summed E-state index contributed by atoms with van der Waals surface area (Å²) in [4.78, 5) is 2.43. The van der Waals surface area contributed by atoms with Crippen LogP contribution in [0.1, 0.15) is 0 Å². The second-order valence-electron chi connectivity index (χ2n) is 14.5. The summed E-state index contributed by atoms with van der Waals surface area (Å²) in [5, 5.41) is 9.60. The van der Waals surface area contributed by atoms with E-state index >= 15 is 0 Å². The molecule has 262 valence electrons. The number of nitrogens with zero attached hydrogens (tertiary/aromatic N) is 1. The average Bonchev–Trinajstić information content (AvgIpc) is 3.66. The first-order valence-electron chi connectivity index (χ1n) is 19.2. The van der Waals surface area contributed by atoms with Gasteiger partial charge in [-0.1, -0.05) is 164 Å².